The van der Waals surface area contributed by atoms with E-state index in [1.165, 1.54) is 17.0 Å². The maximum Gasteiger partial charge on any atom is 0.0408 e. The van der Waals surface area contributed by atoms with Crippen molar-refractivity contribution < 1.29 is 0 Å². The summed E-state index contributed by atoms with van der Waals surface area (Å²) < 4.78 is 0. The van der Waals surface area contributed by atoms with Gasteiger partial charge in [0, 0.05) is 18.4 Å². The molecule has 0 radical (unpaired) electrons. The zero-order valence-corrected chi connectivity index (χ0v) is 9.85. The summed E-state index contributed by atoms with van der Waals surface area (Å²) in [7, 11) is 2.10. The van der Waals surface area contributed by atoms with Crippen LogP contribution in [0.2, 0.25) is 0 Å². The number of benzene rings is 1. The van der Waals surface area contributed by atoms with Gasteiger partial charge in [-0.2, -0.15) is 0 Å². The van der Waals surface area contributed by atoms with Gasteiger partial charge >= 0.3 is 0 Å². The van der Waals surface area contributed by atoms with Gasteiger partial charge in [-0.1, -0.05) is 35.9 Å². The van der Waals surface area contributed by atoms with Crippen LogP contribution in [0.5, 0.6) is 0 Å². The molecular weight excluding hydrogens is 194 g/mol. The average Bonchev–Trinajstić information content (AvgIpc) is 2.54. The van der Waals surface area contributed by atoms with E-state index in [0.717, 1.165) is 6.42 Å². The van der Waals surface area contributed by atoms with Gasteiger partial charge in [0.15, 0.2) is 0 Å². The minimum atomic E-state index is 1.02. The summed E-state index contributed by atoms with van der Waals surface area (Å²) >= 11 is 0. The molecule has 0 atom stereocenters. The van der Waals surface area contributed by atoms with Gasteiger partial charge in [0.1, 0.15) is 0 Å². The van der Waals surface area contributed by atoms with Gasteiger partial charge in [-0.3, -0.25) is 0 Å². The predicted octanol–water partition coefficient (Wildman–Crippen LogP) is 3.91. The second-order valence-corrected chi connectivity index (χ2v) is 4.05. The molecule has 1 aromatic carbocycles. The summed E-state index contributed by atoms with van der Waals surface area (Å²) in [5.74, 6) is 0. The Hall–Kier alpha value is -1.76. The van der Waals surface area contributed by atoms with E-state index >= 15 is 0 Å². The highest BCUT2D eigenvalue weighted by molar-refractivity contribution is 5.55. The summed E-state index contributed by atoms with van der Waals surface area (Å²) in [6.07, 6.45) is 9.86. The summed E-state index contributed by atoms with van der Waals surface area (Å²) in [6.45, 7) is 2.14. The lowest BCUT2D eigenvalue weighted by atomic mass is 10.2. The van der Waals surface area contributed by atoms with Crippen molar-refractivity contribution in [3.05, 3.63) is 65.9 Å². The fourth-order valence-corrected chi connectivity index (χ4v) is 1.79. The van der Waals surface area contributed by atoms with Crippen LogP contribution < -0.4 is 4.90 Å². The first-order chi connectivity index (χ1) is 7.77. The number of likely N-dealkylation sites (N-methyl/N-ethyl adjacent to an activating group) is 1. The van der Waals surface area contributed by atoms with Gasteiger partial charge in [0.2, 0.25) is 0 Å². The van der Waals surface area contributed by atoms with E-state index in [1.54, 1.807) is 0 Å². The van der Waals surface area contributed by atoms with E-state index in [2.05, 4.69) is 67.4 Å². The highest BCUT2D eigenvalue weighted by Crippen LogP contribution is 2.20. The Balaban J connectivity index is 2.28. The molecule has 0 spiro atoms. The van der Waals surface area contributed by atoms with Crippen LogP contribution in [0.1, 0.15) is 13.3 Å². The molecule has 0 fully saturated rings. The Labute approximate surface area is 97.4 Å². The Kier molecular flexibility index (Phi) is 3.25. The molecule has 0 heterocycles. The molecule has 0 amide bonds. The monoisotopic (exact) mass is 211 g/mol. The zero-order valence-electron chi connectivity index (χ0n) is 9.85. The molecule has 1 aliphatic rings. The number of hydrogen-bond acceptors (Lipinski definition) is 1. The predicted molar refractivity (Wildman–Crippen MR) is 70.4 cm³/mol. The normalized spacial score (nSPS) is 15.1. The third-order valence-electron chi connectivity index (χ3n) is 2.77. The van der Waals surface area contributed by atoms with Crippen molar-refractivity contribution in [3.8, 4) is 0 Å². The Morgan fingerprint density at radius 3 is 2.62 bits per heavy atom. The molecule has 1 nitrogen and oxygen atoms in total. The molecule has 0 aliphatic heterocycles. The van der Waals surface area contributed by atoms with Crippen LogP contribution in [0, 0.1) is 0 Å². The quantitative estimate of drug-likeness (QED) is 0.716. The van der Waals surface area contributed by atoms with Crippen LogP contribution in [0.3, 0.4) is 0 Å². The molecule has 2 rings (SSSR count). The molecule has 1 aromatic rings. The van der Waals surface area contributed by atoms with Crippen LogP contribution >= 0.6 is 0 Å². The number of nitrogens with zero attached hydrogens (tertiary/aromatic N) is 1. The minimum absolute atomic E-state index is 1.02. The largest absolute Gasteiger partial charge is 0.345 e. The van der Waals surface area contributed by atoms with Crippen molar-refractivity contribution in [2.45, 2.75) is 13.3 Å². The number of anilines is 1. The van der Waals surface area contributed by atoms with E-state index < -0.39 is 0 Å². The summed E-state index contributed by atoms with van der Waals surface area (Å²) in [5, 5.41) is 0. The molecule has 16 heavy (non-hydrogen) atoms. The average molecular weight is 211 g/mol. The smallest absolute Gasteiger partial charge is 0.0408 e. The summed E-state index contributed by atoms with van der Waals surface area (Å²) in [4.78, 5) is 2.21. The Morgan fingerprint density at radius 1 is 1.12 bits per heavy atom. The SMILES string of the molecule is CC1=CCC=CC(N(C)c2ccccc2)=C1. The molecule has 1 aliphatic carbocycles. The lowest BCUT2D eigenvalue weighted by molar-refractivity contribution is 1.13. The van der Waals surface area contributed by atoms with Crippen LogP contribution in [0.15, 0.2) is 65.9 Å². The second-order valence-electron chi connectivity index (χ2n) is 4.05. The zero-order chi connectivity index (χ0) is 11.4. The van der Waals surface area contributed by atoms with Crippen molar-refractivity contribution in [1.82, 2.24) is 0 Å². The molecule has 0 unspecified atom stereocenters. The van der Waals surface area contributed by atoms with Gasteiger partial charge < -0.3 is 4.90 Å². The van der Waals surface area contributed by atoms with Gasteiger partial charge in [-0.05, 0) is 37.6 Å². The van der Waals surface area contributed by atoms with E-state index in [4.69, 9.17) is 0 Å². The fourth-order valence-electron chi connectivity index (χ4n) is 1.79. The molecular formula is C15H17N. The van der Waals surface area contributed by atoms with Gasteiger partial charge in [-0.25, -0.2) is 0 Å². The van der Waals surface area contributed by atoms with Crippen LogP contribution in [-0.4, -0.2) is 7.05 Å². The minimum Gasteiger partial charge on any atom is -0.345 e. The first-order valence-corrected chi connectivity index (χ1v) is 5.61. The third kappa shape index (κ3) is 2.43. The van der Waals surface area contributed by atoms with E-state index in [0.29, 0.717) is 0 Å². The van der Waals surface area contributed by atoms with Crippen molar-refractivity contribution in [2.75, 3.05) is 11.9 Å². The highest BCUT2D eigenvalue weighted by atomic mass is 15.1. The van der Waals surface area contributed by atoms with E-state index in [9.17, 15) is 0 Å². The molecule has 0 N–H and O–H groups in total. The lowest BCUT2D eigenvalue weighted by Gasteiger charge is -2.20. The number of hydrogen-bond donors (Lipinski definition) is 0. The number of rotatable bonds is 2. The van der Waals surface area contributed by atoms with Crippen molar-refractivity contribution in [1.29, 1.82) is 0 Å². The van der Waals surface area contributed by atoms with E-state index in [1.807, 2.05) is 6.07 Å². The highest BCUT2D eigenvalue weighted by Gasteiger charge is 2.04. The van der Waals surface area contributed by atoms with Crippen LogP contribution in [0.25, 0.3) is 0 Å². The van der Waals surface area contributed by atoms with Crippen molar-refractivity contribution in [2.24, 2.45) is 0 Å². The summed E-state index contributed by atoms with van der Waals surface area (Å²) in [5.41, 5.74) is 3.77. The maximum absolute atomic E-state index is 2.24. The maximum atomic E-state index is 2.24. The molecule has 0 bridgehead atoms. The first-order valence-electron chi connectivity index (χ1n) is 5.61. The van der Waals surface area contributed by atoms with Crippen molar-refractivity contribution >= 4 is 5.69 Å². The van der Waals surface area contributed by atoms with Crippen molar-refractivity contribution in [3.63, 3.8) is 0 Å². The standard InChI is InChI=1S/C15H17N/c1-13-8-6-7-11-15(12-13)16(2)14-9-4-3-5-10-14/h3-5,7-12H,6H2,1-2H3. The number of allylic oxidation sites excluding steroid dienone is 5. The van der Waals surface area contributed by atoms with E-state index in [-0.39, 0.29) is 0 Å². The Morgan fingerprint density at radius 2 is 1.88 bits per heavy atom. The summed E-state index contributed by atoms with van der Waals surface area (Å²) in [6, 6.07) is 10.4. The molecule has 1 heteroatoms. The third-order valence-corrected chi connectivity index (χ3v) is 2.77. The lowest BCUT2D eigenvalue weighted by Crippen LogP contribution is -2.14. The fraction of sp³-hybridized carbons (Fsp3) is 0.200. The Bertz CT molecular complexity index is 438. The van der Waals surface area contributed by atoms with Crippen LogP contribution in [0.4, 0.5) is 5.69 Å². The molecule has 82 valence electrons. The molecule has 0 saturated carbocycles. The van der Waals surface area contributed by atoms with Gasteiger partial charge in [0.05, 0.1) is 0 Å². The van der Waals surface area contributed by atoms with Gasteiger partial charge in [0.25, 0.3) is 0 Å². The van der Waals surface area contributed by atoms with Gasteiger partial charge in [-0.15, -0.1) is 0 Å². The van der Waals surface area contributed by atoms with Crippen LogP contribution in [-0.2, 0) is 0 Å². The number of para-hydroxylation sites is 1. The molecule has 0 saturated heterocycles. The first kappa shape index (κ1) is 10.7. The molecule has 0 aromatic heterocycles. The second kappa shape index (κ2) is 4.84. The topological polar surface area (TPSA) is 3.24 Å².